The first kappa shape index (κ1) is 19.2. The van der Waals surface area contributed by atoms with Gasteiger partial charge < -0.3 is 20.5 Å². The van der Waals surface area contributed by atoms with Crippen LogP contribution in [0.15, 0.2) is 48.5 Å². The molecule has 5 nitrogen and oxygen atoms in total. The molecule has 0 amide bonds. The summed E-state index contributed by atoms with van der Waals surface area (Å²) >= 11 is 0. The number of nitrogens with two attached hydrogens (primary N) is 1. The van der Waals surface area contributed by atoms with E-state index in [0.29, 0.717) is 6.54 Å². The molecule has 0 radical (unpaired) electrons. The number of rotatable bonds is 11. The molecule has 0 unspecified atom stereocenters. The molecule has 2 aromatic rings. The predicted octanol–water partition coefficient (Wildman–Crippen LogP) is 2.25. The van der Waals surface area contributed by atoms with Gasteiger partial charge in [-0.1, -0.05) is 24.3 Å². The summed E-state index contributed by atoms with van der Waals surface area (Å²) in [5.74, 6) is 1.78. The maximum atomic E-state index is 5.77. The minimum atomic E-state index is 0.653. The van der Waals surface area contributed by atoms with Gasteiger partial charge in [-0.25, -0.2) is 0 Å². The lowest BCUT2D eigenvalue weighted by Gasteiger charge is -2.22. The van der Waals surface area contributed by atoms with Crippen molar-refractivity contribution in [3.63, 3.8) is 0 Å². The first-order valence-electron chi connectivity index (χ1n) is 8.64. The van der Waals surface area contributed by atoms with Crippen molar-refractivity contribution in [1.29, 1.82) is 0 Å². The van der Waals surface area contributed by atoms with E-state index in [9.17, 15) is 0 Å². The minimum absolute atomic E-state index is 0.653. The van der Waals surface area contributed by atoms with Gasteiger partial charge in [0, 0.05) is 39.3 Å². The van der Waals surface area contributed by atoms with Crippen LogP contribution in [0.3, 0.4) is 0 Å². The van der Waals surface area contributed by atoms with Crippen LogP contribution in [0, 0.1) is 0 Å². The monoisotopic (exact) mass is 343 g/mol. The molecule has 136 valence electrons. The molecule has 0 atom stereocenters. The van der Waals surface area contributed by atoms with Gasteiger partial charge in [-0.05, 0) is 35.4 Å². The summed E-state index contributed by atoms with van der Waals surface area (Å²) in [7, 11) is 3.38. The summed E-state index contributed by atoms with van der Waals surface area (Å²) in [5.41, 5.74) is 8.22. The molecule has 0 saturated carbocycles. The van der Waals surface area contributed by atoms with Crippen molar-refractivity contribution >= 4 is 0 Å². The Morgan fingerprint density at radius 2 is 1.56 bits per heavy atom. The lowest BCUT2D eigenvalue weighted by Crippen LogP contribution is -2.35. The number of nitrogens with one attached hydrogen (secondary N) is 1. The highest BCUT2D eigenvalue weighted by molar-refractivity contribution is 5.29. The molecule has 0 aliphatic carbocycles. The number of methoxy groups -OCH3 is 2. The third kappa shape index (κ3) is 6.74. The van der Waals surface area contributed by atoms with E-state index < -0.39 is 0 Å². The van der Waals surface area contributed by atoms with Crippen LogP contribution in [-0.2, 0) is 13.1 Å². The van der Waals surface area contributed by atoms with Crippen LogP contribution in [0.4, 0.5) is 0 Å². The highest BCUT2D eigenvalue weighted by atomic mass is 16.5. The maximum Gasteiger partial charge on any atom is 0.119 e. The normalized spacial score (nSPS) is 10.9. The van der Waals surface area contributed by atoms with E-state index in [1.54, 1.807) is 14.2 Å². The summed E-state index contributed by atoms with van der Waals surface area (Å²) in [5, 5.41) is 3.49. The molecule has 0 spiro atoms. The number of nitrogens with zero attached hydrogens (tertiary/aromatic N) is 1. The Balaban J connectivity index is 1.80. The van der Waals surface area contributed by atoms with Crippen molar-refractivity contribution in [2.45, 2.75) is 13.1 Å². The Bertz CT molecular complexity index is 634. The topological polar surface area (TPSA) is 59.8 Å². The molecule has 2 rings (SSSR count). The van der Waals surface area contributed by atoms with E-state index in [2.05, 4.69) is 34.5 Å². The van der Waals surface area contributed by atoms with Crippen molar-refractivity contribution in [2.24, 2.45) is 5.73 Å². The molecule has 5 heteroatoms. The first-order valence-corrected chi connectivity index (χ1v) is 8.64. The van der Waals surface area contributed by atoms with Crippen LogP contribution in [0.2, 0.25) is 0 Å². The largest absolute Gasteiger partial charge is 0.497 e. The molecule has 25 heavy (non-hydrogen) atoms. The number of benzene rings is 2. The Labute approximate surface area is 150 Å². The van der Waals surface area contributed by atoms with Crippen LogP contribution in [0.5, 0.6) is 11.5 Å². The van der Waals surface area contributed by atoms with Gasteiger partial charge >= 0.3 is 0 Å². The number of hydrogen-bond acceptors (Lipinski definition) is 5. The molecule has 0 aliphatic heterocycles. The van der Waals surface area contributed by atoms with Crippen molar-refractivity contribution in [2.75, 3.05) is 40.4 Å². The summed E-state index contributed by atoms with van der Waals surface area (Å²) in [4.78, 5) is 2.35. The van der Waals surface area contributed by atoms with Gasteiger partial charge in [0.25, 0.3) is 0 Å². The molecule has 0 heterocycles. The predicted molar refractivity (Wildman–Crippen MR) is 102 cm³/mol. The van der Waals surface area contributed by atoms with Crippen LogP contribution in [0.25, 0.3) is 0 Å². The second kappa shape index (κ2) is 10.7. The van der Waals surface area contributed by atoms with E-state index in [1.165, 1.54) is 11.1 Å². The van der Waals surface area contributed by atoms with E-state index in [0.717, 1.165) is 44.2 Å². The second-order valence-corrected chi connectivity index (χ2v) is 5.94. The average Bonchev–Trinajstić information content (AvgIpc) is 2.65. The van der Waals surface area contributed by atoms with Gasteiger partial charge in [-0.3, -0.25) is 4.90 Å². The highest BCUT2D eigenvalue weighted by Crippen LogP contribution is 2.14. The van der Waals surface area contributed by atoms with Gasteiger partial charge in [0.1, 0.15) is 11.5 Å². The van der Waals surface area contributed by atoms with Gasteiger partial charge in [-0.2, -0.15) is 0 Å². The van der Waals surface area contributed by atoms with Crippen LogP contribution >= 0.6 is 0 Å². The van der Waals surface area contributed by atoms with Crippen molar-refractivity contribution in [3.05, 3.63) is 59.7 Å². The summed E-state index contributed by atoms with van der Waals surface area (Å²) in [6.45, 7) is 5.07. The number of ether oxygens (including phenoxy) is 2. The Kier molecular flexibility index (Phi) is 8.25. The van der Waals surface area contributed by atoms with Crippen molar-refractivity contribution < 1.29 is 9.47 Å². The quantitative estimate of drug-likeness (QED) is 0.613. The smallest absolute Gasteiger partial charge is 0.119 e. The molecule has 3 N–H and O–H groups in total. The number of hydrogen-bond donors (Lipinski definition) is 2. The maximum absolute atomic E-state index is 5.77. The Morgan fingerprint density at radius 3 is 2.20 bits per heavy atom. The SMILES string of the molecule is COc1cccc(CNCCN(CCN)Cc2cccc(OC)c2)c1. The molecular weight excluding hydrogens is 314 g/mol. The molecule has 0 saturated heterocycles. The van der Waals surface area contributed by atoms with Crippen LogP contribution in [-0.4, -0.2) is 45.3 Å². The lowest BCUT2D eigenvalue weighted by atomic mass is 10.2. The molecule has 0 bridgehead atoms. The van der Waals surface area contributed by atoms with E-state index in [4.69, 9.17) is 15.2 Å². The first-order chi connectivity index (χ1) is 12.2. The summed E-state index contributed by atoms with van der Waals surface area (Å²) in [6.07, 6.45) is 0. The van der Waals surface area contributed by atoms with Gasteiger partial charge in [0.05, 0.1) is 14.2 Å². The highest BCUT2D eigenvalue weighted by Gasteiger charge is 2.06. The van der Waals surface area contributed by atoms with Gasteiger partial charge in [-0.15, -0.1) is 0 Å². The van der Waals surface area contributed by atoms with Crippen LogP contribution in [0.1, 0.15) is 11.1 Å². The van der Waals surface area contributed by atoms with Gasteiger partial charge in [0.2, 0.25) is 0 Å². The van der Waals surface area contributed by atoms with E-state index in [1.807, 2.05) is 24.3 Å². The fourth-order valence-corrected chi connectivity index (χ4v) is 2.73. The third-order valence-electron chi connectivity index (χ3n) is 4.05. The average molecular weight is 343 g/mol. The second-order valence-electron chi connectivity index (χ2n) is 5.94. The fraction of sp³-hybridized carbons (Fsp3) is 0.400. The zero-order valence-corrected chi connectivity index (χ0v) is 15.2. The molecule has 0 fully saturated rings. The molecule has 0 aromatic heterocycles. The minimum Gasteiger partial charge on any atom is -0.497 e. The summed E-state index contributed by atoms with van der Waals surface area (Å²) in [6, 6.07) is 16.3. The zero-order valence-electron chi connectivity index (χ0n) is 15.2. The van der Waals surface area contributed by atoms with Crippen LogP contribution < -0.4 is 20.5 Å². The van der Waals surface area contributed by atoms with Crippen molar-refractivity contribution in [1.82, 2.24) is 10.2 Å². The van der Waals surface area contributed by atoms with E-state index >= 15 is 0 Å². The molecular formula is C20H29N3O2. The van der Waals surface area contributed by atoms with Crippen molar-refractivity contribution in [3.8, 4) is 11.5 Å². The Morgan fingerprint density at radius 1 is 0.920 bits per heavy atom. The van der Waals surface area contributed by atoms with E-state index in [-0.39, 0.29) is 0 Å². The zero-order chi connectivity index (χ0) is 17.9. The standard InChI is InChI=1S/C20H29N3O2/c1-24-19-7-3-5-17(13-19)15-22-10-12-23(11-9-21)16-18-6-4-8-20(14-18)25-2/h3-8,13-14,22H,9-12,15-16,21H2,1-2H3. The fourth-order valence-electron chi connectivity index (χ4n) is 2.73. The Hall–Kier alpha value is -2.08. The molecule has 2 aromatic carbocycles. The summed E-state index contributed by atoms with van der Waals surface area (Å²) < 4.78 is 10.6. The molecule has 0 aliphatic rings. The lowest BCUT2D eigenvalue weighted by molar-refractivity contribution is 0.271. The third-order valence-corrected chi connectivity index (χ3v) is 4.05. The van der Waals surface area contributed by atoms with Gasteiger partial charge in [0.15, 0.2) is 0 Å².